The molecule has 0 radical (unpaired) electrons. The summed E-state index contributed by atoms with van der Waals surface area (Å²) >= 11 is 6.28. The van der Waals surface area contributed by atoms with Crippen molar-refractivity contribution in [1.82, 2.24) is 9.78 Å². The maximum Gasteiger partial charge on any atom is 0.0847 e. The molecule has 1 unspecified atom stereocenters. The number of aromatic nitrogens is 2. The molecule has 4 heteroatoms. The topological polar surface area (TPSA) is 43.8 Å². The molecule has 1 heterocycles. The summed E-state index contributed by atoms with van der Waals surface area (Å²) in [5, 5.41) is 5.21. The molecule has 0 aliphatic rings. The van der Waals surface area contributed by atoms with E-state index in [0.717, 1.165) is 35.8 Å². The van der Waals surface area contributed by atoms with Gasteiger partial charge in [-0.25, -0.2) is 0 Å². The molecule has 3 nitrogen and oxygen atoms in total. The molecular weight excluding hydrogens is 246 g/mol. The Labute approximate surface area is 116 Å². The lowest BCUT2D eigenvalue weighted by Gasteiger charge is -2.12. The Hall–Kier alpha value is -0.540. The van der Waals surface area contributed by atoms with E-state index in [1.165, 1.54) is 25.7 Å². The summed E-state index contributed by atoms with van der Waals surface area (Å²) in [5.74, 6) is 0. The van der Waals surface area contributed by atoms with Crippen LogP contribution in [-0.2, 0) is 13.0 Å². The molecule has 0 fully saturated rings. The fourth-order valence-electron chi connectivity index (χ4n) is 2.25. The van der Waals surface area contributed by atoms with Gasteiger partial charge in [0.2, 0.25) is 0 Å². The van der Waals surface area contributed by atoms with Gasteiger partial charge in [-0.15, -0.1) is 0 Å². The minimum absolute atomic E-state index is 0.195. The number of nitrogens with zero attached hydrogens (tertiary/aromatic N) is 2. The third-order valence-electron chi connectivity index (χ3n) is 3.34. The molecule has 18 heavy (non-hydrogen) atoms. The van der Waals surface area contributed by atoms with Gasteiger partial charge in [0.15, 0.2) is 0 Å². The lowest BCUT2D eigenvalue weighted by Crippen LogP contribution is -2.24. The Morgan fingerprint density at radius 2 is 2.00 bits per heavy atom. The maximum absolute atomic E-state index is 6.28. The molecule has 1 aromatic rings. The number of aryl methyl sites for hydroxylation is 2. The zero-order valence-corrected chi connectivity index (χ0v) is 12.6. The van der Waals surface area contributed by atoms with Gasteiger partial charge in [-0.3, -0.25) is 4.68 Å². The van der Waals surface area contributed by atoms with Gasteiger partial charge >= 0.3 is 0 Å². The summed E-state index contributed by atoms with van der Waals surface area (Å²) in [6, 6.07) is 0.195. The van der Waals surface area contributed by atoms with Gasteiger partial charge in [0.05, 0.1) is 16.4 Å². The Morgan fingerprint density at radius 3 is 2.61 bits per heavy atom. The molecule has 0 spiro atoms. The Kier molecular flexibility index (Phi) is 6.72. The fraction of sp³-hybridized carbons (Fsp3) is 0.786. The van der Waals surface area contributed by atoms with Gasteiger partial charge in [0.25, 0.3) is 0 Å². The van der Waals surface area contributed by atoms with Gasteiger partial charge in [-0.2, -0.15) is 5.10 Å². The largest absolute Gasteiger partial charge is 0.327 e. The molecule has 0 amide bonds. The first kappa shape index (κ1) is 15.5. The summed E-state index contributed by atoms with van der Waals surface area (Å²) in [5.41, 5.74) is 8.20. The average molecular weight is 272 g/mol. The normalized spacial score (nSPS) is 12.9. The van der Waals surface area contributed by atoms with Crippen molar-refractivity contribution in [3.63, 3.8) is 0 Å². The van der Waals surface area contributed by atoms with Crippen LogP contribution in [0.3, 0.4) is 0 Å². The molecule has 1 rings (SSSR count). The van der Waals surface area contributed by atoms with Gasteiger partial charge in [0.1, 0.15) is 0 Å². The van der Waals surface area contributed by atoms with E-state index in [0.29, 0.717) is 0 Å². The van der Waals surface area contributed by atoms with Crippen LogP contribution in [0.2, 0.25) is 5.02 Å². The van der Waals surface area contributed by atoms with Crippen LogP contribution in [0.25, 0.3) is 0 Å². The first-order chi connectivity index (χ1) is 8.60. The SMILES string of the molecule is CCCCCCC(N)Cc1c(Cl)c(C)nn1CC. The lowest BCUT2D eigenvalue weighted by atomic mass is 10.0. The molecule has 0 bridgehead atoms. The average Bonchev–Trinajstić information content (AvgIpc) is 2.62. The van der Waals surface area contributed by atoms with Crippen LogP contribution in [0.1, 0.15) is 57.3 Å². The molecule has 0 saturated carbocycles. The molecule has 0 saturated heterocycles. The molecule has 0 aliphatic heterocycles. The zero-order chi connectivity index (χ0) is 13.5. The predicted octanol–water partition coefficient (Wildman–Crippen LogP) is 3.71. The van der Waals surface area contributed by atoms with Crippen molar-refractivity contribution in [2.24, 2.45) is 5.73 Å². The highest BCUT2D eigenvalue weighted by Gasteiger charge is 2.15. The fourth-order valence-corrected chi connectivity index (χ4v) is 2.46. The van der Waals surface area contributed by atoms with Crippen LogP contribution < -0.4 is 5.73 Å². The van der Waals surface area contributed by atoms with Crippen LogP contribution in [0.4, 0.5) is 0 Å². The van der Waals surface area contributed by atoms with Crippen molar-refractivity contribution in [3.05, 3.63) is 16.4 Å². The van der Waals surface area contributed by atoms with Crippen molar-refractivity contribution in [2.75, 3.05) is 0 Å². The van der Waals surface area contributed by atoms with E-state index < -0.39 is 0 Å². The highest BCUT2D eigenvalue weighted by molar-refractivity contribution is 6.31. The van der Waals surface area contributed by atoms with Crippen LogP contribution >= 0.6 is 11.6 Å². The number of nitrogens with two attached hydrogens (primary N) is 1. The van der Waals surface area contributed by atoms with E-state index in [4.69, 9.17) is 17.3 Å². The highest BCUT2D eigenvalue weighted by Crippen LogP contribution is 2.22. The van der Waals surface area contributed by atoms with Gasteiger partial charge in [0, 0.05) is 19.0 Å². The molecule has 0 aliphatic carbocycles. The van der Waals surface area contributed by atoms with Crippen LogP contribution in [0.5, 0.6) is 0 Å². The standard InChI is InChI=1S/C14H26ClN3/c1-4-6-7-8-9-12(16)10-13-14(15)11(3)17-18(13)5-2/h12H,4-10,16H2,1-3H3. The Balaban J connectivity index is 2.50. The third kappa shape index (κ3) is 4.29. The minimum atomic E-state index is 0.195. The summed E-state index contributed by atoms with van der Waals surface area (Å²) in [6.07, 6.45) is 6.97. The number of hydrogen-bond acceptors (Lipinski definition) is 2. The van der Waals surface area contributed by atoms with Crippen LogP contribution in [-0.4, -0.2) is 15.8 Å². The van der Waals surface area contributed by atoms with Crippen molar-refractivity contribution in [1.29, 1.82) is 0 Å². The Bertz CT molecular complexity index is 360. The zero-order valence-electron chi connectivity index (χ0n) is 11.9. The summed E-state index contributed by atoms with van der Waals surface area (Å²) < 4.78 is 1.98. The number of unbranched alkanes of at least 4 members (excludes halogenated alkanes) is 3. The second kappa shape index (κ2) is 7.80. The van der Waals surface area contributed by atoms with Crippen molar-refractivity contribution in [3.8, 4) is 0 Å². The van der Waals surface area contributed by atoms with E-state index in [9.17, 15) is 0 Å². The number of halogens is 1. The Morgan fingerprint density at radius 1 is 1.28 bits per heavy atom. The molecule has 2 N–H and O–H groups in total. The summed E-state index contributed by atoms with van der Waals surface area (Å²) in [4.78, 5) is 0. The number of hydrogen-bond donors (Lipinski definition) is 1. The van der Waals surface area contributed by atoms with Crippen molar-refractivity contribution < 1.29 is 0 Å². The van der Waals surface area contributed by atoms with E-state index in [1.54, 1.807) is 0 Å². The second-order valence-electron chi connectivity index (χ2n) is 4.98. The first-order valence-electron chi connectivity index (χ1n) is 7.07. The summed E-state index contributed by atoms with van der Waals surface area (Å²) in [6.45, 7) is 7.11. The van der Waals surface area contributed by atoms with E-state index in [-0.39, 0.29) is 6.04 Å². The van der Waals surface area contributed by atoms with Gasteiger partial charge in [-0.1, -0.05) is 44.2 Å². The maximum atomic E-state index is 6.28. The molecule has 1 atom stereocenters. The molecule has 1 aromatic heterocycles. The molecule has 0 aromatic carbocycles. The van der Waals surface area contributed by atoms with E-state index in [2.05, 4.69) is 18.9 Å². The quantitative estimate of drug-likeness (QED) is 0.733. The molecular formula is C14H26ClN3. The number of rotatable bonds is 8. The van der Waals surface area contributed by atoms with Gasteiger partial charge in [-0.05, 0) is 20.3 Å². The first-order valence-corrected chi connectivity index (χ1v) is 7.45. The molecule has 104 valence electrons. The minimum Gasteiger partial charge on any atom is -0.327 e. The summed E-state index contributed by atoms with van der Waals surface area (Å²) in [7, 11) is 0. The van der Waals surface area contributed by atoms with E-state index in [1.807, 2.05) is 11.6 Å². The lowest BCUT2D eigenvalue weighted by molar-refractivity contribution is 0.521. The monoisotopic (exact) mass is 271 g/mol. The highest BCUT2D eigenvalue weighted by atomic mass is 35.5. The van der Waals surface area contributed by atoms with Crippen molar-refractivity contribution in [2.45, 2.75) is 71.9 Å². The third-order valence-corrected chi connectivity index (χ3v) is 3.83. The predicted molar refractivity (Wildman–Crippen MR) is 78.1 cm³/mol. The smallest absolute Gasteiger partial charge is 0.0847 e. The van der Waals surface area contributed by atoms with Gasteiger partial charge < -0.3 is 5.73 Å². The van der Waals surface area contributed by atoms with Crippen LogP contribution in [0, 0.1) is 6.92 Å². The van der Waals surface area contributed by atoms with Crippen LogP contribution in [0.15, 0.2) is 0 Å². The van der Waals surface area contributed by atoms with E-state index >= 15 is 0 Å². The van der Waals surface area contributed by atoms with Crippen molar-refractivity contribution >= 4 is 11.6 Å². The second-order valence-corrected chi connectivity index (χ2v) is 5.35.